The molecule has 2 aromatic heterocycles. The Morgan fingerprint density at radius 3 is 3.06 bits per heavy atom. The molecule has 1 atom stereocenters. The summed E-state index contributed by atoms with van der Waals surface area (Å²) in [7, 11) is 0. The Kier molecular flexibility index (Phi) is 4.41. The molecule has 5 heteroatoms. The molecular formula is C13H16N2O2S. The summed E-state index contributed by atoms with van der Waals surface area (Å²) in [5.74, 6) is 0. The van der Waals surface area contributed by atoms with Crippen LogP contribution in [0.5, 0.6) is 0 Å². The maximum absolute atomic E-state index is 11.6. The van der Waals surface area contributed by atoms with E-state index < -0.39 is 0 Å². The van der Waals surface area contributed by atoms with Crippen LogP contribution < -0.4 is 10.6 Å². The number of amides is 2. The van der Waals surface area contributed by atoms with Gasteiger partial charge in [-0.2, -0.15) is 0 Å². The van der Waals surface area contributed by atoms with E-state index in [9.17, 15) is 4.79 Å². The van der Waals surface area contributed by atoms with Crippen LogP contribution in [0.2, 0.25) is 0 Å². The lowest BCUT2D eigenvalue weighted by molar-refractivity contribution is 0.237. The van der Waals surface area contributed by atoms with Crippen LogP contribution in [0.4, 0.5) is 4.79 Å². The quantitative estimate of drug-likeness (QED) is 0.872. The molecule has 0 saturated heterocycles. The summed E-state index contributed by atoms with van der Waals surface area (Å²) in [6.07, 6.45) is 4.10. The summed E-state index contributed by atoms with van der Waals surface area (Å²) in [4.78, 5) is 12.8. The maximum atomic E-state index is 11.6. The molecule has 2 heterocycles. The lowest BCUT2D eigenvalue weighted by atomic mass is 10.1. The molecule has 18 heavy (non-hydrogen) atoms. The number of hydrogen-bond acceptors (Lipinski definition) is 3. The zero-order valence-electron chi connectivity index (χ0n) is 10.2. The second-order valence-electron chi connectivity index (χ2n) is 4.14. The fourth-order valence-corrected chi connectivity index (χ4v) is 2.31. The molecular weight excluding hydrogens is 248 g/mol. The highest BCUT2D eigenvalue weighted by Gasteiger charge is 2.08. The molecule has 0 radical (unpaired) electrons. The van der Waals surface area contributed by atoms with E-state index in [1.807, 2.05) is 30.5 Å². The van der Waals surface area contributed by atoms with Gasteiger partial charge in [0.05, 0.1) is 19.1 Å². The van der Waals surface area contributed by atoms with Crippen LogP contribution in [0.3, 0.4) is 0 Å². The van der Waals surface area contributed by atoms with Gasteiger partial charge in [-0.25, -0.2) is 4.79 Å². The zero-order valence-corrected chi connectivity index (χ0v) is 11.0. The molecule has 1 unspecified atom stereocenters. The summed E-state index contributed by atoms with van der Waals surface area (Å²) in [5.41, 5.74) is 1.08. The van der Waals surface area contributed by atoms with Gasteiger partial charge in [-0.1, -0.05) is 6.07 Å². The van der Waals surface area contributed by atoms with Crippen LogP contribution in [0.25, 0.3) is 0 Å². The first-order valence-electron chi connectivity index (χ1n) is 5.82. The molecule has 2 rings (SSSR count). The number of nitrogens with one attached hydrogen (secondary N) is 2. The van der Waals surface area contributed by atoms with Gasteiger partial charge in [0.15, 0.2) is 0 Å². The molecule has 0 aliphatic carbocycles. The Bertz CT molecular complexity index is 465. The van der Waals surface area contributed by atoms with E-state index in [0.29, 0.717) is 6.54 Å². The molecule has 2 aromatic rings. The van der Waals surface area contributed by atoms with E-state index in [1.54, 1.807) is 23.9 Å². The predicted molar refractivity (Wildman–Crippen MR) is 71.6 cm³/mol. The van der Waals surface area contributed by atoms with Crippen LogP contribution in [-0.2, 0) is 13.0 Å². The molecule has 4 nitrogen and oxygen atoms in total. The van der Waals surface area contributed by atoms with Gasteiger partial charge in [0.25, 0.3) is 0 Å². The molecule has 0 aliphatic heterocycles. The minimum Gasteiger partial charge on any atom is -0.472 e. The average molecular weight is 264 g/mol. The lowest BCUT2D eigenvalue weighted by Gasteiger charge is -2.13. The Morgan fingerprint density at radius 1 is 1.50 bits per heavy atom. The SMILES string of the molecule is CC(Cc1ccoc1)NC(=O)NCc1cccs1. The molecule has 0 bridgehead atoms. The normalized spacial score (nSPS) is 12.1. The maximum Gasteiger partial charge on any atom is 0.315 e. The smallest absolute Gasteiger partial charge is 0.315 e. The van der Waals surface area contributed by atoms with Gasteiger partial charge in [-0.3, -0.25) is 0 Å². The molecule has 0 aliphatic rings. The third kappa shape index (κ3) is 3.92. The van der Waals surface area contributed by atoms with Gasteiger partial charge in [0, 0.05) is 10.9 Å². The Labute approximate surface area is 110 Å². The van der Waals surface area contributed by atoms with E-state index in [1.165, 1.54) is 0 Å². The first-order chi connectivity index (χ1) is 8.74. The van der Waals surface area contributed by atoms with E-state index in [2.05, 4.69) is 10.6 Å². The molecule has 0 spiro atoms. The van der Waals surface area contributed by atoms with Crippen molar-refractivity contribution in [1.29, 1.82) is 0 Å². The van der Waals surface area contributed by atoms with Gasteiger partial charge >= 0.3 is 6.03 Å². The van der Waals surface area contributed by atoms with E-state index in [4.69, 9.17) is 4.42 Å². The minimum absolute atomic E-state index is 0.0749. The molecule has 0 fully saturated rings. The van der Waals surface area contributed by atoms with Crippen LogP contribution in [-0.4, -0.2) is 12.1 Å². The van der Waals surface area contributed by atoms with Gasteiger partial charge in [0.1, 0.15) is 0 Å². The van der Waals surface area contributed by atoms with Crippen molar-refractivity contribution >= 4 is 17.4 Å². The Morgan fingerprint density at radius 2 is 2.39 bits per heavy atom. The summed E-state index contributed by atoms with van der Waals surface area (Å²) < 4.78 is 4.99. The third-order valence-electron chi connectivity index (χ3n) is 2.50. The van der Waals surface area contributed by atoms with Crippen LogP contribution in [0.1, 0.15) is 17.4 Å². The monoisotopic (exact) mass is 264 g/mol. The van der Waals surface area contributed by atoms with E-state index in [0.717, 1.165) is 16.9 Å². The predicted octanol–water partition coefficient (Wildman–Crippen LogP) is 2.77. The largest absolute Gasteiger partial charge is 0.472 e. The van der Waals surface area contributed by atoms with Gasteiger partial charge in [0.2, 0.25) is 0 Å². The lowest BCUT2D eigenvalue weighted by Crippen LogP contribution is -2.41. The molecule has 2 amide bonds. The topological polar surface area (TPSA) is 54.3 Å². The van der Waals surface area contributed by atoms with Crippen molar-refractivity contribution in [3.63, 3.8) is 0 Å². The van der Waals surface area contributed by atoms with E-state index in [-0.39, 0.29) is 12.1 Å². The average Bonchev–Trinajstić information content (AvgIpc) is 2.98. The van der Waals surface area contributed by atoms with E-state index >= 15 is 0 Å². The number of thiophene rings is 1. The first-order valence-corrected chi connectivity index (χ1v) is 6.70. The van der Waals surface area contributed by atoms with Crippen molar-refractivity contribution in [3.05, 3.63) is 46.5 Å². The summed E-state index contributed by atoms with van der Waals surface area (Å²) >= 11 is 1.63. The van der Waals surface area contributed by atoms with Crippen molar-refractivity contribution in [2.75, 3.05) is 0 Å². The number of rotatable bonds is 5. The Hall–Kier alpha value is -1.75. The van der Waals surface area contributed by atoms with Gasteiger partial charge in [-0.05, 0) is 36.4 Å². The second-order valence-corrected chi connectivity index (χ2v) is 5.18. The van der Waals surface area contributed by atoms with Crippen molar-refractivity contribution in [1.82, 2.24) is 10.6 Å². The summed E-state index contributed by atoms with van der Waals surface area (Å²) in [6, 6.07) is 5.81. The molecule has 0 saturated carbocycles. The Balaban J connectivity index is 1.70. The number of urea groups is 1. The molecule has 96 valence electrons. The number of hydrogen-bond donors (Lipinski definition) is 2. The highest BCUT2D eigenvalue weighted by molar-refractivity contribution is 7.09. The minimum atomic E-state index is -0.139. The first kappa shape index (κ1) is 12.7. The standard InChI is InChI=1S/C13H16N2O2S/c1-10(7-11-4-5-17-9-11)15-13(16)14-8-12-3-2-6-18-12/h2-6,9-10H,7-8H2,1H3,(H2,14,15,16). The molecule has 0 aromatic carbocycles. The number of carbonyl (C=O) groups excluding carboxylic acids is 1. The van der Waals surface area contributed by atoms with Crippen LogP contribution >= 0.6 is 11.3 Å². The highest BCUT2D eigenvalue weighted by Crippen LogP contribution is 2.07. The number of carbonyl (C=O) groups is 1. The van der Waals surface area contributed by atoms with Crippen molar-refractivity contribution < 1.29 is 9.21 Å². The number of furan rings is 1. The second kappa shape index (κ2) is 6.26. The van der Waals surface area contributed by atoms with Gasteiger partial charge in [-0.15, -0.1) is 11.3 Å². The van der Waals surface area contributed by atoms with Gasteiger partial charge < -0.3 is 15.1 Å². The zero-order chi connectivity index (χ0) is 12.8. The van der Waals surface area contributed by atoms with Crippen molar-refractivity contribution in [2.45, 2.75) is 25.9 Å². The van der Waals surface area contributed by atoms with Crippen molar-refractivity contribution in [3.8, 4) is 0 Å². The summed E-state index contributed by atoms with van der Waals surface area (Å²) in [6.45, 7) is 2.54. The van der Waals surface area contributed by atoms with Crippen LogP contribution in [0.15, 0.2) is 40.5 Å². The fraction of sp³-hybridized carbons (Fsp3) is 0.308. The fourth-order valence-electron chi connectivity index (χ4n) is 1.67. The molecule has 2 N–H and O–H groups in total. The highest BCUT2D eigenvalue weighted by atomic mass is 32.1. The third-order valence-corrected chi connectivity index (χ3v) is 3.38. The van der Waals surface area contributed by atoms with Crippen molar-refractivity contribution in [2.24, 2.45) is 0 Å². The van der Waals surface area contributed by atoms with Crippen LogP contribution in [0, 0.1) is 0 Å². The summed E-state index contributed by atoms with van der Waals surface area (Å²) in [5, 5.41) is 7.72.